The lowest BCUT2D eigenvalue weighted by Gasteiger charge is -2.52. The van der Waals surface area contributed by atoms with Crippen molar-refractivity contribution in [3.05, 3.63) is 72.1 Å². The Labute approximate surface area is 170 Å². The van der Waals surface area contributed by atoms with E-state index in [4.69, 9.17) is 0 Å². The molecule has 0 radical (unpaired) electrons. The summed E-state index contributed by atoms with van der Waals surface area (Å²) in [6.45, 7) is 0.528. The summed E-state index contributed by atoms with van der Waals surface area (Å²) in [4.78, 5) is 24.3. The van der Waals surface area contributed by atoms with Gasteiger partial charge in [-0.05, 0) is 37.0 Å². The maximum atomic E-state index is 13.4. The summed E-state index contributed by atoms with van der Waals surface area (Å²) in [7, 11) is 0. The second-order valence-electron chi connectivity index (χ2n) is 8.24. The van der Waals surface area contributed by atoms with Gasteiger partial charge < -0.3 is 10.0 Å². The van der Waals surface area contributed by atoms with E-state index >= 15 is 0 Å². The van der Waals surface area contributed by atoms with Crippen molar-refractivity contribution in [2.75, 3.05) is 6.54 Å². The Morgan fingerprint density at radius 2 is 1.72 bits per heavy atom. The van der Waals surface area contributed by atoms with Crippen LogP contribution in [0.2, 0.25) is 0 Å². The molecule has 5 rings (SSSR count). The van der Waals surface area contributed by atoms with Crippen LogP contribution in [0.25, 0.3) is 11.0 Å². The minimum atomic E-state index is -0.877. The lowest BCUT2D eigenvalue weighted by molar-refractivity contribution is -0.110. The zero-order chi connectivity index (χ0) is 19.8. The van der Waals surface area contributed by atoms with Crippen LogP contribution in [-0.2, 0) is 5.60 Å². The topological polar surface area (TPSA) is 66.3 Å². The number of aromatic nitrogens is 2. The van der Waals surface area contributed by atoms with Crippen molar-refractivity contribution >= 4 is 16.9 Å². The molecule has 1 aliphatic carbocycles. The maximum absolute atomic E-state index is 13.4. The third kappa shape index (κ3) is 3.10. The van der Waals surface area contributed by atoms with E-state index in [9.17, 15) is 9.90 Å². The Bertz CT molecular complexity index is 1040. The predicted molar refractivity (Wildman–Crippen MR) is 111 cm³/mol. The fraction of sp³-hybridized carbons (Fsp3) is 0.375. The number of fused-ring (bicyclic) bond motifs is 2. The number of carbonyl (C=O) groups excluding carboxylic acids is 1. The molecule has 2 aromatic carbocycles. The zero-order valence-corrected chi connectivity index (χ0v) is 16.4. The third-order valence-electron chi connectivity index (χ3n) is 6.68. The van der Waals surface area contributed by atoms with Crippen LogP contribution < -0.4 is 0 Å². The monoisotopic (exact) mass is 387 g/mol. The van der Waals surface area contributed by atoms with E-state index in [1.807, 2.05) is 59.5 Å². The SMILES string of the molecule is O=C(c1cnc2ccccc2n1)N1CC[C@](O)(c2ccccc2)[C@H]2CCCC[C@H]21. The number of para-hydroxylation sites is 2. The van der Waals surface area contributed by atoms with Gasteiger partial charge in [-0.25, -0.2) is 4.98 Å². The van der Waals surface area contributed by atoms with E-state index in [-0.39, 0.29) is 17.9 Å². The van der Waals surface area contributed by atoms with Crippen LogP contribution in [0.5, 0.6) is 0 Å². The van der Waals surface area contributed by atoms with Crippen LogP contribution in [0.4, 0.5) is 0 Å². The molecule has 1 saturated heterocycles. The van der Waals surface area contributed by atoms with Crippen molar-refractivity contribution in [2.24, 2.45) is 5.92 Å². The second kappa shape index (κ2) is 7.23. The Balaban J connectivity index is 1.47. The largest absolute Gasteiger partial charge is 0.385 e. The van der Waals surface area contributed by atoms with E-state index < -0.39 is 5.60 Å². The van der Waals surface area contributed by atoms with E-state index in [0.717, 1.165) is 42.3 Å². The van der Waals surface area contributed by atoms with Crippen molar-refractivity contribution in [1.29, 1.82) is 0 Å². The Morgan fingerprint density at radius 1 is 1.00 bits per heavy atom. The summed E-state index contributed by atoms with van der Waals surface area (Å²) in [5.41, 5.74) is 2.00. The molecule has 1 N–H and O–H groups in total. The second-order valence-corrected chi connectivity index (χ2v) is 8.24. The molecular weight excluding hydrogens is 362 g/mol. The Hall–Kier alpha value is -2.79. The molecule has 1 amide bonds. The van der Waals surface area contributed by atoms with Gasteiger partial charge in [0, 0.05) is 18.5 Å². The first kappa shape index (κ1) is 18.3. The third-order valence-corrected chi connectivity index (χ3v) is 6.68. The molecule has 1 saturated carbocycles. The molecule has 0 unspecified atom stereocenters. The summed E-state index contributed by atoms with van der Waals surface area (Å²) in [6, 6.07) is 17.6. The van der Waals surface area contributed by atoms with E-state index in [0.29, 0.717) is 18.7 Å². The lowest BCUT2D eigenvalue weighted by atomic mass is 9.66. The minimum Gasteiger partial charge on any atom is -0.385 e. The number of likely N-dealkylation sites (tertiary alicyclic amines) is 1. The molecule has 2 aliphatic rings. The highest BCUT2D eigenvalue weighted by Crippen LogP contribution is 2.47. The van der Waals surface area contributed by atoms with E-state index in [1.165, 1.54) is 0 Å². The van der Waals surface area contributed by atoms with E-state index in [1.54, 1.807) is 6.20 Å². The number of aliphatic hydroxyl groups is 1. The molecule has 29 heavy (non-hydrogen) atoms. The van der Waals surface area contributed by atoms with Gasteiger partial charge in [0.1, 0.15) is 5.69 Å². The smallest absolute Gasteiger partial charge is 0.274 e. The number of carbonyl (C=O) groups is 1. The minimum absolute atomic E-state index is 0.0310. The number of benzene rings is 2. The molecular formula is C24H25N3O2. The average molecular weight is 387 g/mol. The van der Waals surface area contributed by atoms with Crippen LogP contribution in [0.1, 0.15) is 48.2 Å². The van der Waals surface area contributed by atoms with Gasteiger partial charge in [0.15, 0.2) is 0 Å². The van der Waals surface area contributed by atoms with Crippen molar-refractivity contribution in [1.82, 2.24) is 14.9 Å². The number of nitrogens with zero attached hydrogens (tertiary/aromatic N) is 3. The molecule has 3 aromatic rings. The number of hydrogen-bond acceptors (Lipinski definition) is 4. The van der Waals surface area contributed by atoms with Crippen LogP contribution in [0.3, 0.4) is 0 Å². The van der Waals surface area contributed by atoms with E-state index in [2.05, 4.69) is 9.97 Å². The van der Waals surface area contributed by atoms with Crippen molar-refractivity contribution in [2.45, 2.75) is 43.7 Å². The molecule has 1 aliphatic heterocycles. The van der Waals surface area contributed by atoms with Crippen LogP contribution in [0, 0.1) is 5.92 Å². The fourth-order valence-electron chi connectivity index (χ4n) is 5.23. The van der Waals surface area contributed by atoms with Gasteiger partial charge >= 0.3 is 0 Å². The van der Waals surface area contributed by atoms with Crippen molar-refractivity contribution < 1.29 is 9.90 Å². The van der Waals surface area contributed by atoms with Crippen LogP contribution in [0.15, 0.2) is 60.8 Å². The highest BCUT2D eigenvalue weighted by Gasteiger charge is 2.50. The molecule has 5 heteroatoms. The molecule has 2 heterocycles. The van der Waals surface area contributed by atoms with Gasteiger partial charge in [-0.3, -0.25) is 9.78 Å². The van der Waals surface area contributed by atoms with Gasteiger partial charge in [-0.1, -0.05) is 55.3 Å². The normalized spacial score (nSPS) is 26.9. The fourth-order valence-corrected chi connectivity index (χ4v) is 5.23. The lowest BCUT2D eigenvalue weighted by Crippen LogP contribution is -2.59. The van der Waals surface area contributed by atoms with Gasteiger partial charge in [-0.2, -0.15) is 0 Å². The Kier molecular flexibility index (Phi) is 4.55. The first-order valence-corrected chi connectivity index (χ1v) is 10.5. The molecule has 0 bridgehead atoms. The van der Waals surface area contributed by atoms with Crippen molar-refractivity contribution in [3.8, 4) is 0 Å². The summed E-state index contributed by atoms with van der Waals surface area (Å²) >= 11 is 0. The summed E-state index contributed by atoms with van der Waals surface area (Å²) in [6.07, 6.45) is 6.16. The van der Waals surface area contributed by atoms with Crippen molar-refractivity contribution in [3.63, 3.8) is 0 Å². The maximum Gasteiger partial charge on any atom is 0.274 e. The molecule has 2 fully saturated rings. The molecule has 5 nitrogen and oxygen atoms in total. The molecule has 1 aromatic heterocycles. The number of rotatable bonds is 2. The molecule has 0 spiro atoms. The van der Waals surface area contributed by atoms with Crippen LogP contribution >= 0.6 is 0 Å². The first-order valence-electron chi connectivity index (χ1n) is 10.5. The highest BCUT2D eigenvalue weighted by molar-refractivity contribution is 5.94. The number of amides is 1. The summed E-state index contributed by atoms with van der Waals surface area (Å²) < 4.78 is 0. The standard InChI is InChI=1S/C24H25N3O2/c28-23(21-16-25-19-11-5-6-12-20(19)26-21)27-15-14-24(29,17-8-2-1-3-9-17)18-10-4-7-13-22(18)27/h1-3,5-6,8-9,11-12,16,18,22,29H,4,7,10,13-15H2/t18-,22+,24-/m0/s1. The predicted octanol–water partition coefficient (Wildman–Crippen LogP) is 3.92. The number of hydrogen-bond donors (Lipinski definition) is 1. The molecule has 3 atom stereocenters. The highest BCUT2D eigenvalue weighted by atomic mass is 16.3. The van der Waals surface area contributed by atoms with Gasteiger partial charge in [0.25, 0.3) is 5.91 Å². The van der Waals surface area contributed by atoms with Crippen LogP contribution in [-0.4, -0.2) is 38.5 Å². The average Bonchev–Trinajstić information content (AvgIpc) is 2.79. The molecule has 148 valence electrons. The summed E-state index contributed by atoms with van der Waals surface area (Å²) in [5, 5.41) is 11.7. The van der Waals surface area contributed by atoms with Gasteiger partial charge in [-0.15, -0.1) is 0 Å². The summed E-state index contributed by atoms with van der Waals surface area (Å²) in [5.74, 6) is -0.0277. The van der Waals surface area contributed by atoms with Gasteiger partial charge in [0.2, 0.25) is 0 Å². The van der Waals surface area contributed by atoms with Gasteiger partial charge in [0.05, 0.1) is 22.8 Å². The quantitative estimate of drug-likeness (QED) is 0.724. The Morgan fingerprint density at radius 3 is 2.55 bits per heavy atom. The first-order chi connectivity index (χ1) is 14.2. The zero-order valence-electron chi connectivity index (χ0n) is 16.4. The number of piperidine rings is 1.